The predicted molar refractivity (Wildman–Crippen MR) is 109 cm³/mol. The van der Waals surface area contributed by atoms with Crippen LogP contribution in [0, 0.1) is 19.7 Å². The number of nitrogens with zero attached hydrogens (tertiary/aromatic N) is 1. The average Bonchev–Trinajstić information content (AvgIpc) is 2.69. The first-order valence-corrected chi connectivity index (χ1v) is 10.7. The minimum absolute atomic E-state index is 0.109. The number of anilines is 2. The molecule has 1 saturated heterocycles. The van der Waals surface area contributed by atoms with Gasteiger partial charge in [-0.15, -0.1) is 0 Å². The van der Waals surface area contributed by atoms with E-state index < -0.39 is 21.7 Å². The van der Waals surface area contributed by atoms with E-state index in [2.05, 4.69) is 10.6 Å². The second-order valence-electron chi connectivity index (χ2n) is 6.88. The predicted octanol–water partition coefficient (Wildman–Crippen LogP) is 2.51. The summed E-state index contributed by atoms with van der Waals surface area (Å²) in [6.45, 7) is 4.70. The van der Waals surface area contributed by atoms with Gasteiger partial charge in [0.2, 0.25) is 15.9 Å². The maximum atomic E-state index is 13.9. The van der Waals surface area contributed by atoms with Crippen molar-refractivity contribution in [2.24, 2.45) is 0 Å². The lowest BCUT2D eigenvalue weighted by Crippen LogP contribution is -2.40. The van der Waals surface area contributed by atoms with Gasteiger partial charge in [-0.05, 0) is 49.2 Å². The lowest BCUT2D eigenvalue weighted by atomic mass is 10.2. The van der Waals surface area contributed by atoms with Crippen molar-refractivity contribution in [2.45, 2.75) is 18.7 Å². The molecule has 1 heterocycles. The van der Waals surface area contributed by atoms with E-state index in [0.29, 0.717) is 32.0 Å². The van der Waals surface area contributed by atoms with Crippen LogP contribution in [0.1, 0.15) is 11.1 Å². The number of halogens is 1. The number of rotatable bonds is 6. The van der Waals surface area contributed by atoms with E-state index >= 15 is 0 Å². The molecule has 2 aromatic carbocycles. The standard InChI is InChI=1S/C20H24FN3O4S/c1-14-3-6-18(17(21)11-14)22-13-20(25)23-19-12-16(5-4-15(19)2)29(26,27)24-7-9-28-10-8-24/h3-6,11-12,22H,7-10,13H2,1-2H3,(H,23,25). The van der Waals surface area contributed by atoms with Gasteiger partial charge in [0.25, 0.3) is 0 Å². The summed E-state index contributed by atoms with van der Waals surface area (Å²) >= 11 is 0. The monoisotopic (exact) mass is 421 g/mol. The maximum absolute atomic E-state index is 13.9. The fourth-order valence-electron chi connectivity index (χ4n) is 2.97. The summed E-state index contributed by atoms with van der Waals surface area (Å²) < 4.78 is 46.1. The van der Waals surface area contributed by atoms with Gasteiger partial charge in [-0.25, -0.2) is 12.8 Å². The Kier molecular flexibility index (Phi) is 6.51. The first kappa shape index (κ1) is 21.2. The third kappa shape index (κ3) is 5.11. The number of amides is 1. The summed E-state index contributed by atoms with van der Waals surface area (Å²) in [5.41, 5.74) is 2.13. The van der Waals surface area contributed by atoms with Gasteiger partial charge in [0.05, 0.1) is 30.3 Å². The van der Waals surface area contributed by atoms with Crippen LogP contribution in [0.2, 0.25) is 0 Å². The minimum atomic E-state index is -3.67. The van der Waals surface area contributed by atoms with Crippen LogP contribution in [0.15, 0.2) is 41.3 Å². The molecule has 1 aliphatic heterocycles. The Morgan fingerprint density at radius 2 is 1.83 bits per heavy atom. The van der Waals surface area contributed by atoms with Crippen LogP contribution in [0.3, 0.4) is 0 Å². The van der Waals surface area contributed by atoms with E-state index in [1.54, 1.807) is 32.0 Å². The third-order valence-electron chi connectivity index (χ3n) is 4.65. The molecule has 1 aliphatic rings. The van der Waals surface area contributed by atoms with Crippen molar-refractivity contribution in [3.8, 4) is 0 Å². The van der Waals surface area contributed by atoms with Gasteiger partial charge >= 0.3 is 0 Å². The Hall–Kier alpha value is -2.49. The van der Waals surface area contributed by atoms with Crippen molar-refractivity contribution in [3.05, 3.63) is 53.3 Å². The maximum Gasteiger partial charge on any atom is 0.243 e. The zero-order chi connectivity index (χ0) is 21.0. The highest BCUT2D eigenvalue weighted by Gasteiger charge is 2.26. The quantitative estimate of drug-likeness (QED) is 0.748. The number of morpholine rings is 1. The van der Waals surface area contributed by atoms with E-state index in [1.165, 1.54) is 22.5 Å². The number of hydrogen-bond acceptors (Lipinski definition) is 5. The molecule has 0 unspecified atom stereocenters. The highest BCUT2D eigenvalue weighted by molar-refractivity contribution is 7.89. The van der Waals surface area contributed by atoms with Crippen LogP contribution in [0.25, 0.3) is 0 Å². The normalized spacial score (nSPS) is 15.1. The molecule has 0 bridgehead atoms. The van der Waals surface area contributed by atoms with Crippen molar-refractivity contribution in [1.29, 1.82) is 0 Å². The van der Waals surface area contributed by atoms with Crippen LogP contribution < -0.4 is 10.6 Å². The smallest absolute Gasteiger partial charge is 0.243 e. The number of carbonyl (C=O) groups is 1. The van der Waals surface area contributed by atoms with Crippen molar-refractivity contribution in [3.63, 3.8) is 0 Å². The topological polar surface area (TPSA) is 87.7 Å². The van der Waals surface area contributed by atoms with Crippen LogP contribution >= 0.6 is 0 Å². The molecule has 0 aliphatic carbocycles. The number of benzene rings is 2. The molecular weight excluding hydrogens is 397 g/mol. The first-order chi connectivity index (χ1) is 13.8. The van der Waals surface area contributed by atoms with E-state index in [0.717, 1.165) is 11.1 Å². The average molecular weight is 421 g/mol. The van der Waals surface area contributed by atoms with E-state index in [-0.39, 0.29) is 17.1 Å². The van der Waals surface area contributed by atoms with E-state index in [4.69, 9.17) is 4.74 Å². The summed E-state index contributed by atoms with van der Waals surface area (Å²) in [5, 5.41) is 5.44. The van der Waals surface area contributed by atoms with Crippen molar-refractivity contribution in [2.75, 3.05) is 43.5 Å². The van der Waals surface area contributed by atoms with Gasteiger partial charge in [0.15, 0.2) is 0 Å². The van der Waals surface area contributed by atoms with E-state index in [1.807, 2.05) is 0 Å². The van der Waals surface area contributed by atoms with Crippen LogP contribution in [0.4, 0.5) is 15.8 Å². The number of aryl methyl sites for hydroxylation is 2. The largest absolute Gasteiger partial charge is 0.379 e. The molecule has 0 radical (unpaired) electrons. The van der Waals surface area contributed by atoms with Crippen molar-refractivity contribution >= 4 is 27.3 Å². The summed E-state index contributed by atoms with van der Waals surface area (Å²) in [5.74, 6) is -0.846. The van der Waals surface area contributed by atoms with Gasteiger partial charge in [0.1, 0.15) is 5.82 Å². The highest BCUT2D eigenvalue weighted by Crippen LogP contribution is 2.24. The lowest BCUT2D eigenvalue weighted by molar-refractivity contribution is -0.114. The summed E-state index contributed by atoms with van der Waals surface area (Å²) in [6, 6.07) is 9.31. The van der Waals surface area contributed by atoms with Crippen LogP contribution in [0.5, 0.6) is 0 Å². The second kappa shape index (κ2) is 8.89. The Morgan fingerprint density at radius 3 is 2.52 bits per heavy atom. The molecule has 1 amide bonds. The van der Waals surface area contributed by atoms with Crippen molar-refractivity contribution < 1.29 is 22.3 Å². The molecule has 3 rings (SSSR count). The third-order valence-corrected chi connectivity index (χ3v) is 6.55. The zero-order valence-electron chi connectivity index (χ0n) is 16.4. The van der Waals surface area contributed by atoms with Gasteiger partial charge in [-0.1, -0.05) is 12.1 Å². The van der Waals surface area contributed by atoms with Crippen LogP contribution in [-0.2, 0) is 19.6 Å². The van der Waals surface area contributed by atoms with Crippen molar-refractivity contribution in [1.82, 2.24) is 4.31 Å². The number of hydrogen-bond donors (Lipinski definition) is 2. The Balaban J connectivity index is 1.70. The van der Waals surface area contributed by atoms with Gasteiger partial charge in [-0.3, -0.25) is 4.79 Å². The molecule has 2 aromatic rings. The fraction of sp³-hybridized carbons (Fsp3) is 0.350. The van der Waals surface area contributed by atoms with Crippen LogP contribution in [-0.4, -0.2) is 51.5 Å². The number of ether oxygens (including phenoxy) is 1. The zero-order valence-corrected chi connectivity index (χ0v) is 17.2. The molecule has 0 spiro atoms. The summed E-state index contributed by atoms with van der Waals surface area (Å²) in [6.07, 6.45) is 0. The molecule has 9 heteroatoms. The molecule has 29 heavy (non-hydrogen) atoms. The van der Waals surface area contributed by atoms with E-state index in [9.17, 15) is 17.6 Å². The Labute approximate surface area is 169 Å². The molecule has 0 atom stereocenters. The molecular formula is C20H24FN3O4S. The molecule has 2 N–H and O–H groups in total. The van der Waals surface area contributed by atoms with Gasteiger partial charge in [-0.2, -0.15) is 4.31 Å². The molecule has 7 nitrogen and oxygen atoms in total. The number of nitrogens with one attached hydrogen (secondary N) is 2. The van der Waals surface area contributed by atoms with Gasteiger partial charge < -0.3 is 15.4 Å². The summed E-state index contributed by atoms with van der Waals surface area (Å²) in [4.78, 5) is 12.4. The SMILES string of the molecule is Cc1ccc(NCC(=O)Nc2cc(S(=O)(=O)N3CCOCC3)ccc2C)c(F)c1. The molecule has 156 valence electrons. The Morgan fingerprint density at radius 1 is 1.10 bits per heavy atom. The second-order valence-corrected chi connectivity index (χ2v) is 8.82. The molecule has 0 aromatic heterocycles. The molecule has 0 saturated carbocycles. The first-order valence-electron chi connectivity index (χ1n) is 9.26. The fourth-order valence-corrected chi connectivity index (χ4v) is 4.40. The molecule has 1 fully saturated rings. The lowest BCUT2D eigenvalue weighted by Gasteiger charge is -2.26. The number of carbonyl (C=O) groups excluding carboxylic acids is 1. The number of sulfonamides is 1. The van der Waals surface area contributed by atoms with Gasteiger partial charge in [0, 0.05) is 18.8 Å². The summed E-state index contributed by atoms with van der Waals surface area (Å²) in [7, 11) is -3.67. The highest BCUT2D eigenvalue weighted by atomic mass is 32.2. The minimum Gasteiger partial charge on any atom is -0.379 e. The Bertz CT molecular complexity index is 1000.